The average molecular weight is 554 g/mol. The van der Waals surface area contributed by atoms with Crippen molar-refractivity contribution < 1.29 is 14.3 Å². The fourth-order valence-electron chi connectivity index (χ4n) is 5.00. The highest BCUT2D eigenvalue weighted by Crippen LogP contribution is 2.46. The first kappa shape index (κ1) is 26.3. The first-order valence-electron chi connectivity index (χ1n) is 12.4. The van der Waals surface area contributed by atoms with E-state index in [0.717, 1.165) is 24.3 Å². The van der Waals surface area contributed by atoms with Crippen molar-refractivity contribution in [2.75, 3.05) is 32.2 Å². The number of hydrogen-bond acceptors (Lipinski definition) is 7. The van der Waals surface area contributed by atoms with E-state index >= 15 is 0 Å². The molecule has 8 nitrogen and oxygen atoms in total. The van der Waals surface area contributed by atoms with Crippen LogP contribution in [0.15, 0.2) is 47.6 Å². The monoisotopic (exact) mass is 553 g/mol. The molecule has 0 unspecified atom stereocenters. The quantitative estimate of drug-likeness (QED) is 0.464. The number of aliphatic imine (C=N–C) groups is 1. The van der Waals surface area contributed by atoms with Crippen LogP contribution in [0.2, 0.25) is 10.0 Å². The van der Waals surface area contributed by atoms with Crippen LogP contribution in [-0.4, -0.2) is 56.1 Å². The number of ether oxygens (including phenoxy) is 2. The molecule has 2 aliphatic rings. The van der Waals surface area contributed by atoms with E-state index in [1.807, 2.05) is 30.3 Å². The number of fused-ring (bicyclic) bond motifs is 1. The third-order valence-electron chi connectivity index (χ3n) is 6.74. The van der Waals surface area contributed by atoms with Crippen molar-refractivity contribution in [3.05, 3.63) is 69.5 Å². The van der Waals surface area contributed by atoms with Crippen molar-refractivity contribution in [2.45, 2.75) is 32.5 Å². The number of hydrogen-bond donors (Lipinski definition) is 2. The molecule has 0 aliphatic carbocycles. The molecule has 0 radical (unpaired) electrons. The average Bonchev–Trinajstić information content (AvgIpc) is 3.30. The van der Waals surface area contributed by atoms with Crippen molar-refractivity contribution in [2.24, 2.45) is 4.99 Å². The number of pyridine rings is 1. The summed E-state index contributed by atoms with van der Waals surface area (Å²) in [6, 6.07) is 12.0. The van der Waals surface area contributed by atoms with Crippen LogP contribution in [-0.2, 0) is 6.54 Å². The summed E-state index contributed by atoms with van der Waals surface area (Å²) in [5, 5.41) is 7.18. The zero-order valence-electron chi connectivity index (χ0n) is 21.6. The Balaban J connectivity index is 1.33. The number of carbonyl (C=O) groups is 1. The lowest BCUT2D eigenvalue weighted by atomic mass is 10.0. The van der Waals surface area contributed by atoms with Gasteiger partial charge < -0.3 is 25.0 Å². The van der Waals surface area contributed by atoms with E-state index in [2.05, 4.69) is 39.4 Å². The maximum absolute atomic E-state index is 13.0. The summed E-state index contributed by atoms with van der Waals surface area (Å²) >= 11 is 13.2. The van der Waals surface area contributed by atoms with E-state index < -0.39 is 0 Å². The Kier molecular flexibility index (Phi) is 7.47. The Hall–Kier alpha value is -3.33. The second kappa shape index (κ2) is 10.8. The number of carbonyl (C=O) groups excluding carboxylic acids is 1. The number of nitrogens with one attached hydrogen (secondary N) is 2. The zero-order valence-corrected chi connectivity index (χ0v) is 23.2. The third kappa shape index (κ3) is 5.04. The Morgan fingerprint density at radius 2 is 1.66 bits per heavy atom. The van der Waals surface area contributed by atoms with Gasteiger partial charge in [0, 0.05) is 65.4 Å². The number of halogens is 2. The number of amides is 1. The molecule has 1 saturated heterocycles. The lowest BCUT2D eigenvalue weighted by molar-refractivity contribution is 0.0977. The molecule has 10 heteroatoms. The number of amidine groups is 1. The molecule has 0 saturated carbocycles. The normalized spacial score (nSPS) is 18.6. The lowest BCUT2D eigenvalue weighted by Gasteiger charge is -2.37. The first-order valence-corrected chi connectivity index (χ1v) is 13.1. The van der Waals surface area contributed by atoms with Gasteiger partial charge in [0.1, 0.15) is 17.2 Å². The molecule has 2 aromatic carbocycles. The number of rotatable bonds is 5. The van der Waals surface area contributed by atoms with Gasteiger partial charge in [-0.3, -0.25) is 14.8 Å². The summed E-state index contributed by atoms with van der Waals surface area (Å²) in [5.74, 6) is 1.09. The van der Waals surface area contributed by atoms with Crippen molar-refractivity contribution in [1.82, 2.24) is 15.6 Å². The molecule has 2 aliphatic heterocycles. The van der Waals surface area contributed by atoms with Gasteiger partial charge in [0.05, 0.1) is 30.8 Å². The molecule has 1 amide bonds. The van der Waals surface area contributed by atoms with Crippen LogP contribution in [0.5, 0.6) is 11.5 Å². The number of nitrogens with zero attached hydrogens (tertiary/aromatic N) is 3. The van der Waals surface area contributed by atoms with E-state index in [4.69, 9.17) is 32.7 Å². The molecule has 1 aromatic heterocycles. The Morgan fingerprint density at radius 1 is 1.03 bits per heavy atom. The van der Waals surface area contributed by atoms with E-state index in [1.54, 1.807) is 12.3 Å². The van der Waals surface area contributed by atoms with Crippen LogP contribution in [0.3, 0.4) is 0 Å². The highest BCUT2D eigenvalue weighted by molar-refractivity contribution is 6.41. The van der Waals surface area contributed by atoms with Crippen molar-refractivity contribution in [1.29, 1.82) is 0 Å². The number of piperazine rings is 1. The van der Waals surface area contributed by atoms with Gasteiger partial charge in [-0.25, -0.2) is 0 Å². The van der Waals surface area contributed by atoms with Gasteiger partial charge in [-0.1, -0.05) is 23.2 Å². The molecule has 5 rings (SSSR count). The van der Waals surface area contributed by atoms with Crippen molar-refractivity contribution in [3.8, 4) is 22.6 Å². The first-order chi connectivity index (χ1) is 18.3. The van der Waals surface area contributed by atoms with Crippen LogP contribution < -0.4 is 25.0 Å². The van der Waals surface area contributed by atoms with Gasteiger partial charge in [0.2, 0.25) is 0 Å². The number of methoxy groups -OCH3 is 2. The molecule has 2 N–H and O–H groups in total. The largest absolute Gasteiger partial charge is 0.495 e. The molecule has 2 atom stereocenters. The minimum Gasteiger partial charge on any atom is -0.495 e. The van der Waals surface area contributed by atoms with Gasteiger partial charge in [-0.05, 0) is 44.2 Å². The molecule has 3 heterocycles. The summed E-state index contributed by atoms with van der Waals surface area (Å²) in [6.45, 7) is 6.59. The minimum absolute atomic E-state index is 0.236. The number of benzene rings is 2. The van der Waals surface area contributed by atoms with Crippen LogP contribution >= 0.6 is 23.2 Å². The van der Waals surface area contributed by atoms with Gasteiger partial charge in [-0.2, -0.15) is 0 Å². The zero-order chi connectivity index (χ0) is 27.0. The molecule has 0 spiro atoms. The summed E-state index contributed by atoms with van der Waals surface area (Å²) in [5.41, 5.74) is 4.39. The molecule has 3 aromatic rings. The van der Waals surface area contributed by atoms with Crippen LogP contribution in [0, 0.1) is 0 Å². The fraction of sp³-hybridized carbons (Fsp3) is 0.321. The maximum atomic E-state index is 13.0. The predicted octanol–water partition coefficient (Wildman–Crippen LogP) is 4.95. The van der Waals surface area contributed by atoms with Crippen LogP contribution in [0.4, 0.5) is 5.69 Å². The second-order valence-corrected chi connectivity index (χ2v) is 10.3. The molecular weight excluding hydrogens is 525 g/mol. The Morgan fingerprint density at radius 3 is 2.26 bits per heavy atom. The standard InChI is InChI=1S/C28H29Cl2N5O3/c1-15-13-35(14-16(2)33-15)20-7-5-17(6-8-20)28(36)34-27-26-19(12-32-27)9-18(11-31-26)23-24(29)21(37-3)10-22(38-4)25(23)30/h5-11,15-16,33H,12-14H2,1-4H3,(H,32,34,36)/t15-,16+. The Bertz CT molecular complexity index is 1370. The fourth-order valence-corrected chi connectivity index (χ4v) is 5.72. The van der Waals surface area contributed by atoms with Crippen LogP contribution in [0.25, 0.3) is 11.1 Å². The summed E-state index contributed by atoms with van der Waals surface area (Å²) in [7, 11) is 3.06. The van der Waals surface area contributed by atoms with E-state index in [-0.39, 0.29) is 5.91 Å². The summed E-state index contributed by atoms with van der Waals surface area (Å²) in [6.07, 6.45) is 1.65. The summed E-state index contributed by atoms with van der Waals surface area (Å²) < 4.78 is 10.8. The predicted molar refractivity (Wildman–Crippen MR) is 151 cm³/mol. The minimum atomic E-state index is -0.236. The smallest absolute Gasteiger partial charge is 0.256 e. The maximum Gasteiger partial charge on any atom is 0.256 e. The Labute approximate surface area is 232 Å². The van der Waals surface area contributed by atoms with E-state index in [1.165, 1.54) is 14.2 Å². The highest BCUT2D eigenvalue weighted by atomic mass is 35.5. The SMILES string of the molecule is COc1cc(OC)c(Cl)c(-c2cnc3c(c2)CN=C3NC(=O)c2ccc(N3C[C@@H](C)N[C@@H](C)C3)cc2)c1Cl. The van der Waals surface area contributed by atoms with E-state index in [9.17, 15) is 4.79 Å². The second-order valence-electron chi connectivity index (χ2n) is 9.56. The molecule has 1 fully saturated rings. The molecule has 198 valence electrons. The number of anilines is 1. The van der Waals surface area contributed by atoms with Gasteiger partial charge in [-0.15, -0.1) is 0 Å². The third-order valence-corrected chi connectivity index (χ3v) is 7.50. The van der Waals surface area contributed by atoms with Crippen molar-refractivity contribution >= 4 is 40.6 Å². The molecule has 38 heavy (non-hydrogen) atoms. The van der Waals surface area contributed by atoms with Crippen LogP contribution in [0.1, 0.15) is 35.5 Å². The van der Waals surface area contributed by atoms with Gasteiger partial charge in [0.15, 0.2) is 5.84 Å². The topological polar surface area (TPSA) is 88.1 Å². The molecular formula is C28H29Cl2N5O3. The van der Waals surface area contributed by atoms with Gasteiger partial charge >= 0.3 is 0 Å². The molecule has 0 bridgehead atoms. The van der Waals surface area contributed by atoms with Crippen molar-refractivity contribution in [3.63, 3.8) is 0 Å². The summed E-state index contributed by atoms with van der Waals surface area (Å²) in [4.78, 5) is 24.5. The number of aromatic nitrogens is 1. The highest BCUT2D eigenvalue weighted by Gasteiger charge is 2.25. The lowest BCUT2D eigenvalue weighted by Crippen LogP contribution is -2.54. The van der Waals surface area contributed by atoms with Gasteiger partial charge in [0.25, 0.3) is 5.91 Å². The van der Waals surface area contributed by atoms with E-state index in [0.29, 0.717) is 68.4 Å².